The predicted octanol–water partition coefficient (Wildman–Crippen LogP) is 0.613. The summed E-state index contributed by atoms with van der Waals surface area (Å²) in [5.41, 5.74) is 2.15. The van der Waals surface area contributed by atoms with Crippen molar-refractivity contribution in [3.63, 3.8) is 0 Å². The zero-order chi connectivity index (χ0) is 14.3. The molecule has 2 aliphatic rings. The van der Waals surface area contributed by atoms with Crippen molar-refractivity contribution in [3.05, 3.63) is 35.4 Å². The molecule has 1 aromatic carbocycles. The monoisotopic (exact) mass is 294 g/mol. The third-order valence-corrected chi connectivity index (χ3v) is 5.85. The van der Waals surface area contributed by atoms with E-state index in [1.165, 1.54) is 0 Å². The van der Waals surface area contributed by atoms with Crippen LogP contribution in [0.1, 0.15) is 23.7 Å². The molecule has 1 N–H and O–H groups in total. The van der Waals surface area contributed by atoms with Crippen LogP contribution in [0.15, 0.2) is 24.3 Å². The number of aryl methyl sites for hydroxylation is 1. The quantitative estimate of drug-likeness (QED) is 0.868. The van der Waals surface area contributed by atoms with E-state index in [9.17, 15) is 13.2 Å². The predicted molar refractivity (Wildman–Crippen MR) is 75.8 cm³/mol. The number of hydrogen-bond donors (Lipinski definition) is 1. The van der Waals surface area contributed by atoms with Crippen molar-refractivity contribution >= 4 is 15.7 Å². The van der Waals surface area contributed by atoms with Gasteiger partial charge >= 0.3 is 0 Å². The molecule has 5 nitrogen and oxygen atoms in total. The highest BCUT2D eigenvalue weighted by atomic mass is 32.2. The number of rotatable bonds is 2. The fourth-order valence-corrected chi connectivity index (χ4v) is 4.79. The van der Waals surface area contributed by atoms with E-state index in [1.54, 1.807) is 4.90 Å². The van der Waals surface area contributed by atoms with Gasteiger partial charge < -0.3 is 4.90 Å². The van der Waals surface area contributed by atoms with Gasteiger partial charge in [-0.2, -0.15) is 0 Å². The number of benzene rings is 1. The molecular weight excluding hydrogens is 276 g/mol. The summed E-state index contributed by atoms with van der Waals surface area (Å²) >= 11 is 0. The van der Waals surface area contributed by atoms with E-state index in [-0.39, 0.29) is 36.2 Å². The van der Waals surface area contributed by atoms with Crippen LogP contribution in [0.4, 0.5) is 0 Å². The number of hydrogen-bond acceptors (Lipinski definition) is 4. The summed E-state index contributed by atoms with van der Waals surface area (Å²) in [5.74, 6) is 0.255. The summed E-state index contributed by atoms with van der Waals surface area (Å²) in [4.78, 5) is 13.9. The lowest BCUT2D eigenvalue weighted by Gasteiger charge is -2.30. The number of carbonyl (C=O) groups is 1. The molecule has 6 heteroatoms. The molecule has 2 atom stereocenters. The highest BCUT2D eigenvalue weighted by Gasteiger charge is 2.42. The van der Waals surface area contributed by atoms with Crippen LogP contribution in [0.3, 0.4) is 0 Å². The topological polar surface area (TPSA) is 66.5 Å². The van der Waals surface area contributed by atoms with E-state index in [0.717, 1.165) is 11.1 Å². The first-order valence-corrected chi connectivity index (χ1v) is 8.60. The standard InChI is InChI=1S/C14H18N2O3S/c1-10-4-2-3-5-12(10)14-15-8-13(17)16(14)11-6-7-20(18,19)9-11/h2-5,11,14-15H,6-9H2,1H3. The molecule has 0 aliphatic carbocycles. The van der Waals surface area contributed by atoms with Crippen molar-refractivity contribution in [1.82, 2.24) is 10.2 Å². The maximum atomic E-state index is 12.1. The summed E-state index contributed by atoms with van der Waals surface area (Å²) in [5, 5.41) is 3.20. The first-order chi connectivity index (χ1) is 9.48. The Kier molecular flexibility index (Phi) is 3.30. The average Bonchev–Trinajstić information content (AvgIpc) is 2.93. The van der Waals surface area contributed by atoms with Gasteiger partial charge in [-0.25, -0.2) is 8.42 Å². The number of nitrogens with one attached hydrogen (secondary N) is 1. The molecule has 0 radical (unpaired) electrons. The van der Waals surface area contributed by atoms with Crippen LogP contribution in [0.25, 0.3) is 0 Å². The van der Waals surface area contributed by atoms with Crippen LogP contribution in [-0.4, -0.2) is 43.3 Å². The maximum Gasteiger partial charge on any atom is 0.238 e. The van der Waals surface area contributed by atoms with E-state index in [2.05, 4.69) is 5.32 Å². The second-order valence-electron chi connectivity index (χ2n) is 5.50. The van der Waals surface area contributed by atoms with Gasteiger partial charge in [-0.15, -0.1) is 0 Å². The molecule has 0 saturated carbocycles. The summed E-state index contributed by atoms with van der Waals surface area (Å²) in [7, 11) is -2.99. The lowest BCUT2D eigenvalue weighted by atomic mass is 10.0. The second-order valence-corrected chi connectivity index (χ2v) is 7.73. The lowest BCUT2D eigenvalue weighted by molar-refractivity contribution is -0.129. The van der Waals surface area contributed by atoms with Crippen LogP contribution in [0.2, 0.25) is 0 Å². The molecule has 108 valence electrons. The molecule has 1 aromatic rings. The summed E-state index contributed by atoms with van der Waals surface area (Å²) < 4.78 is 23.3. The van der Waals surface area contributed by atoms with Crippen molar-refractivity contribution in [2.24, 2.45) is 0 Å². The Labute approximate surface area is 118 Å². The van der Waals surface area contributed by atoms with Crippen molar-refractivity contribution in [2.45, 2.75) is 25.6 Å². The Morgan fingerprint density at radius 2 is 2.05 bits per heavy atom. The second kappa shape index (κ2) is 4.86. The van der Waals surface area contributed by atoms with E-state index >= 15 is 0 Å². The molecule has 0 aromatic heterocycles. The van der Waals surface area contributed by atoms with E-state index in [4.69, 9.17) is 0 Å². The Morgan fingerprint density at radius 3 is 2.70 bits per heavy atom. The molecule has 2 unspecified atom stereocenters. The highest BCUT2D eigenvalue weighted by Crippen LogP contribution is 2.30. The summed E-state index contributed by atoms with van der Waals surface area (Å²) in [6.45, 7) is 2.28. The SMILES string of the molecule is Cc1ccccc1C1NCC(=O)N1C1CCS(=O)(=O)C1. The van der Waals surface area contributed by atoms with Gasteiger partial charge in [0.25, 0.3) is 0 Å². The zero-order valence-electron chi connectivity index (χ0n) is 11.4. The smallest absolute Gasteiger partial charge is 0.238 e. The number of sulfone groups is 1. The van der Waals surface area contributed by atoms with Gasteiger partial charge in [0.2, 0.25) is 5.91 Å². The van der Waals surface area contributed by atoms with Gasteiger partial charge in [-0.3, -0.25) is 10.1 Å². The van der Waals surface area contributed by atoms with Crippen LogP contribution < -0.4 is 5.32 Å². The molecule has 2 heterocycles. The normalized spacial score (nSPS) is 29.1. The van der Waals surface area contributed by atoms with Crippen molar-refractivity contribution < 1.29 is 13.2 Å². The first-order valence-electron chi connectivity index (χ1n) is 6.78. The molecule has 0 spiro atoms. The van der Waals surface area contributed by atoms with Crippen LogP contribution in [-0.2, 0) is 14.6 Å². The highest BCUT2D eigenvalue weighted by molar-refractivity contribution is 7.91. The fraction of sp³-hybridized carbons (Fsp3) is 0.500. The lowest BCUT2D eigenvalue weighted by Crippen LogP contribution is -2.40. The third-order valence-electron chi connectivity index (χ3n) is 4.10. The summed E-state index contributed by atoms with van der Waals surface area (Å²) in [6, 6.07) is 7.69. The molecule has 2 fully saturated rings. The fourth-order valence-electron chi connectivity index (χ4n) is 3.08. The molecule has 20 heavy (non-hydrogen) atoms. The van der Waals surface area contributed by atoms with Gasteiger partial charge in [0.1, 0.15) is 6.17 Å². The van der Waals surface area contributed by atoms with Crippen molar-refractivity contribution in [1.29, 1.82) is 0 Å². The minimum atomic E-state index is -2.99. The Bertz CT molecular complexity index is 642. The third kappa shape index (κ3) is 2.33. The van der Waals surface area contributed by atoms with Crippen LogP contribution in [0.5, 0.6) is 0 Å². The van der Waals surface area contributed by atoms with Crippen molar-refractivity contribution in [2.75, 3.05) is 18.1 Å². The van der Waals surface area contributed by atoms with Gasteiger partial charge in [0.05, 0.1) is 18.1 Å². The first kappa shape index (κ1) is 13.6. The van der Waals surface area contributed by atoms with Gasteiger partial charge in [-0.1, -0.05) is 24.3 Å². The van der Waals surface area contributed by atoms with Crippen LogP contribution in [0, 0.1) is 6.92 Å². The Morgan fingerprint density at radius 1 is 1.30 bits per heavy atom. The summed E-state index contributed by atoms with van der Waals surface area (Å²) in [6.07, 6.45) is 0.333. The molecule has 1 amide bonds. The van der Waals surface area contributed by atoms with E-state index in [0.29, 0.717) is 6.42 Å². The zero-order valence-corrected chi connectivity index (χ0v) is 12.2. The van der Waals surface area contributed by atoms with Crippen LogP contribution >= 0.6 is 0 Å². The molecule has 0 bridgehead atoms. The number of carbonyl (C=O) groups excluding carboxylic acids is 1. The minimum Gasteiger partial charge on any atom is -0.318 e. The maximum absolute atomic E-state index is 12.1. The largest absolute Gasteiger partial charge is 0.318 e. The number of nitrogens with zero attached hydrogens (tertiary/aromatic N) is 1. The minimum absolute atomic E-state index is 0.0136. The molecule has 3 rings (SSSR count). The molecule has 2 aliphatic heterocycles. The van der Waals surface area contributed by atoms with Gasteiger partial charge in [0.15, 0.2) is 9.84 Å². The molecular formula is C14H18N2O3S. The van der Waals surface area contributed by atoms with E-state index in [1.807, 2.05) is 31.2 Å². The Balaban J connectivity index is 1.92. The number of amides is 1. The Hall–Kier alpha value is -1.40. The van der Waals surface area contributed by atoms with Gasteiger partial charge in [0, 0.05) is 6.04 Å². The average molecular weight is 294 g/mol. The van der Waals surface area contributed by atoms with Gasteiger partial charge in [-0.05, 0) is 24.5 Å². The van der Waals surface area contributed by atoms with E-state index < -0.39 is 9.84 Å². The van der Waals surface area contributed by atoms with Crippen molar-refractivity contribution in [3.8, 4) is 0 Å². The molecule has 2 saturated heterocycles.